The predicted octanol–water partition coefficient (Wildman–Crippen LogP) is 4.48. The molecule has 1 aliphatic rings. The maximum atomic E-state index is 12.0. The molecule has 1 aromatic carbocycles. The van der Waals surface area contributed by atoms with Gasteiger partial charge in [-0.3, -0.25) is 4.72 Å². The lowest BCUT2D eigenvalue weighted by atomic mass is 10.1. The van der Waals surface area contributed by atoms with Gasteiger partial charge in [0.15, 0.2) is 0 Å². The van der Waals surface area contributed by atoms with Crippen molar-refractivity contribution in [2.24, 2.45) is 0 Å². The lowest BCUT2D eigenvalue weighted by Gasteiger charge is -2.33. The van der Waals surface area contributed by atoms with Crippen LogP contribution in [0.5, 0.6) is 0 Å². The molecule has 1 amide bonds. The molecule has 1 fully saturated rings. The van der Waals surface area contributed by atoms with Gasteiger partial charge >= 0.3 is 6.09 Å². The van der Waals surface area contributed by atoms with Crippen molar-refractivity contribution in [1.82, 2.24) is 9.62 Å². The quantitative estimate of drug-likeness (QED) is 0.808. The predicted molar refractivity (Wildman–Crippen MR) is 96.7 cm³/mol. The average molecular weight is 357 g/mol. The van der Waals surface area contributed by atoms with Crippen molar-refractivity contribution < 1.29 is 9.53 Å². The first-order valence-corrected chi connectivity index (χ1v) is 9.29. The first kappa shape index (κ1) is 18.4. The molecule has 0 unspecified atom stereocenters. The summed E-state index contributed by atoms with van der Waals surface area (Å²) in [6.45, 7) is 7.16. The van der Waals surface area contributed by atoms with Crippen molar-refractivity contribution in [2.75, 3.05) is 13.1 Å². The Morgan fingerprint density at radius 2 is 2.09 bits per heavy atom. The third kappa shape index (κ3) is 6.61. The normalized spacial score (nSPS) is 16.4. The van der Waals surface area contributed by atoms with E-state index in [4.69, 9.17) is 16.3 Å². The smallest absolute Gasteiger partial charge is 0.410 e. The summed E-state index contributed by atoms with van der Waals surface area (Å²) < 4.78 is 8.90. The topological polar surface area (TPSA) is 41.6 Å². The van der Waals surface area contributed by atoms with Gasteiger partial charge in [-0.15, -0.1) is 0 Å². The number of halogens is 1. The maximum absolute atomic E-state index is 12.0. The van der Waals surface area contributed by atoms with Crippen molar-refractivity contribution in [2.45, 2.75) is 51.0 Å². The summed E-state index contributed by atoms with van der Waals surface area (Å²) in [5.74, 6) is 0.882. The molecular weight excluding hydrogens is 332 g/mol. The Morgan fingerprint density at radius 1 is 1.39 bits per heavy atom. The summed E-state index contributed by atoms with van der Waals surface area (Å²) in [6.07, 6.45) is 1.69. The molecule has 1 N–H and O–H groups in total. The molecule has 2 rings (SSSR count). The maximum Gasteiger partial charge on any atom is 0.410 e. The molecule has 1 heterocycles. The van der Waals surface area contributed by atoms with Crippen LogP contribution in [0.1, 0.15) is 39.2 Å². The van der Waals surface area contributed by atoms with E-state index in [9.17, 15) is 4.79 Å². The summed E-state index contributed by atoms with van der Waals surface area (Å²) in [5, 5.41) is 0.772. The van der Waals surface area contributed by atoms with Crippen LogP contribution in [0, 0.1) is 0 Å². The summed E-state index contributed by atoms with van der Waals surface area (Å²) in [6, 6.07) is 8.35. The Labute approximate surface area is 148 Å². The number of hydrogen-bond acceptors (Lipinski definition) is 4. The van der Waals surface area contributed by atoms with E-state index in [1.54, 1.807) is 16.8 Å². The van der Waals surface area contributed by atoms with Crippen molar-refractivity contribution in [1.29, 1.82) is 0 Å². The molecule has 23 heavy (non-hydrogen) atoms. The van der Waals surface area contributed by atoms with Gasteiger partial charge in [-0.25, -0.2) is 4.79 Å². The Hall–Kier alpha value is -0.910. The van der Waals surface area contributed by atoms with Gasteiger partial charge in [0.2, 0.25) is 0 Å². The number of benzene rings is 1. The Balaban J connectivity index is 1.68. The first-order chi connectivity index (χ1) is 10.8. The number of ether oxygens (including phenoxy) is 1. The number of hydrogen-bond donors (Lipinski definition) is 1. The van der Waals surface area contributed by atoms with Crippen LogP contribution in [-0.2, 0) is 10.5 Å². The zero-order valence-corrected chi connectivity index (χ0v) is 15.5. The minimum Gasteiger partial charge on any atom is -0.444 e. The van der Waals surface area contributed by atoms with E-state index in [0.717, 1.165) is 36.7 Å². The molecule has 0 aromatic heterocycles. The molecule has 4 nitrogen and oxygen atoms in total. The van der Waals surface area contributed by atoms with E-state index in [1.165, 1.54) is 5.56 Å². The molecule has 1 aliphatic heterocycles. The van der Waals surface area contributed by atoms with Gasteiger partial charge in [-0.05, 0) is 51.3 Å². The number of nitrogens with one attached hydrogen (secondary N) is 1. The molecular formula is C17H25ClN2O2S. The van der Waals surface area contributed by atoms with Gasteiger partial charge in [-0.2, -0.15) is 0 Å². The second-order valence-corrected chi connectivity index (χ2v) is 8.03. The highest BCUT2D eigenvalue weighted by Crippen LogP contribution is 2.19. The lowest BCUT2D eigenvalue weighted by molar-refractivity contribution is 0.0204. The third-order valence-electron chi connectivity index (χ3n) is 3.52. The number of rotatable bonds is 4. The van der Waals surface area contributed by atoms with Gasteiger partial charge in [0, 0.05) is 29.9 Å². The minimum absolute atomic E-state index is 0.206. The zero-order chi connectivity index (χ0) is 16.9. The first-order valence-electron chi connectivity index (χ1n) is 7.93. The molecule has 0 radical (unpaired) electrons. The van der Waals surface area contributed by atoms with Gasteiger partial charge < -0.3 is 9.64 Å². The van der Waals surface area contributed by atoms with Crippen LogP contribution in [0.25, 0.3) is 0 Å². The van der Waals surface area contributed by atoms with Crippen molar-refractivity contribution in [3.63, 3.8) is 0 Å². The average Bonchev–Trinajstić information content (AvgIpc) is 2.46. The fraction of sp³-hybridized carbons (Fsp3) is 0.588. The molecule has 0 bridgehead atoms. The molecule has 0 atom stereocenters. The lowest BCUT2D eigenvalue weighted by Crippen LogP contribution is -2.45. The van der Waals surface area contributed by atoms with Crippen molar-refractivity contribution in [3.8, 4) is 0 Å². The van der Waals surface area contributed by atoms with Gasteiger partial charge in [0.25, 0.3) is 0 Å². The van der Waals surface area contributed by atoms with E-state index < -0.39 is 5.60 Å². The summed E-state index contributed by atoms with van der Waals surface area (Å²) in [7, 11) is 0. The highest BCUT2D eigenvalue weighted by molar-refractivity contribution is 7.96. The third-order valence-corrected chi connectivity index (χ3v) is 4.74. The van der Waals surface area contributed by atoms with Crippen LogP contribution >= 0.6 is 23.5 Å². The van der Waals surface area contributed by atoms with Gasteiger partial charge in [0.1, 0.15) is 5.60 Å². The zero-order valence-electron chi connectivity index (χ0n) is 14.0. The summed E-state index contributed by atoms with van der Waals surface area (Å²) in [4.78, 5) is 13.8. The summed E-state index contributed by atoms with van der Waals surface area (Å²) in [5.41, 5.74) is 0.778. The number of amides is 1. The van der Waals surface area contributed by atoms with Crippen molar-refractivity contribution >= 4 is 29.6 Å². The van der Waals surface area contributed by atoms with E-state index in [0.29, 0.717) is 6.04 Å². The van der Waals surface area contributed by atoms with E-state index in [1.807, 2.05) is 39.0 Å². The molecule has 0 spiro atoms. The van der Waals surface area contributed by atoms with Crippen LogP contribution in [0.2, 0.25) is 5.02 Å². The SMILES string of the molecule is CC(C)(C)OC(=O)N1CCC(NSCc2cccc(Cl)c2)CC1. The number of carbonyl (C=O) groups is 1. The van der Waals surface area contributed by atoms with Crippen LogP contribution in [0.3, 0.4) is 0 Å². The molecule has 6 heteroatoms. The van der Waals surface area contributed by atoms with E-state index >= 15 is 0 Å². The monoisotopic (exact) mass is 356 g/mol. The Morgan fingerprint density at radius 3 is 2.70 bits per heavy atom. The second-order valence-electron chi connectivity index (χ2n) is 6.78. The highest BCUT2D eigenvalue weighted by Gasteiger charge is 2.26. The number of likely N-dealkylation sites (tertiary alicyclic amines) is 1. The van der Waals surface area contributed by atoms with Crippen molar-refractivity contribution in [3.05, 3.63) is 34.9 Å². The van der Waals surface area contributed by atoms with Crippen LogP contribution in [-0.4, -0.2) is 35.7 Å². The van der Waals surface area contributed by atoms with E-state index in [-0.39, 0.29) is 6.09 Å². The fourth-order valence-electron chi connectivity index (χ4n) is 2.38. The van der Waals surface area contributed by atoms with Gasteiger partial charge in [-0.1, -0.05) is 35.7 Å². The van der Waals surface area contributed by atoms with Crippen LogP contribution in [0.15, 0.2) is 24.3 Å². The Bertz CT molecular complexity index is 526. The summed E-state index contributed by atoms with van der Waals surface area (Å²) >= 11 is 7.68. The number of piperidine rings is 1. The standard InChI is InChI=1S/C17H25ClN2O2S/c1-17(2,3)22-16(21)20-9-7-15(8-10-20)19-23-12-13-5-4-6-14(18)11-13/h4-6,11,15,19H,7-10,12H2,1-3H3. The van der Waals surface area contributed by atoms with Crippen LogP contribution in [0.4, 0.5) is 4.79 Å². The molecule has 0 saturated carbocycles. The minimum atomic E-state index is -0.432. The molecule has 1 aromatic rings. The Kier molecular flexibility index (Phi) is 6.62. The molecule has 0 aliphatic carbocycles. The van der Waals surface area contributed by atoms with Crippen LogP contribution < -0.4 is 4.72 Å². The second kappa shape index (κ2) is 8.27. The van der Waals surface area contributed by atoms with Gasteiger partial charge in [0.05, 0.1) is 0 Å². The molecule has 1 saturated heterocycles. The fourth-order valence-corrected chi connectivity index (χ4v) is 3.49. The highest BCUT2D eigenvalue weighted by atomic mass is 35.5. The number of nitrogens with zero attached hydrogens (tertiary/aromatic N) is 1. The largest absolute Gasteiger partial charge is 0.444 e. The number of carbonyl (C=O) groups excluding carboxylic acids is 1. The molecule has 128 valence electrons. The van der Waals surface area contributed by atoms with E-state index in [2.05, 4.69) is 10.8 Å².